The predicted molar refractivity (Wildman–Crippen MR) is 80.0 cm³/mol. The van der Waals surface area contributed by atoms with E-state index in [2.05, 4.69) is 43.4 Å². The third-order valence-corrected chi connectivity index (χ3v) is 4.24. The van der Waals surface area contributed by atoms with Crippen LogP contribution in [-0.2, 0) is 4.74 Å². The highest BCUT2D eigenvalue weighted by Gasteiger charge is 2.33. The van der Waals surface area contributed by atoms with E-state index in [1.807, 2.05) is 0 Å². The highest BCUT2D eigenvalue weighted by Crippen LogP contribution is 2.33. The summed E-state index contributed by atoms with van der Waals surface area (Å²) in [6, 6.07) is 8.78. The van der Waals surface area contributed by atoms with Crippen molar-refractivity contribution in [3.63, 3.8) is 0 Å². The van der Waals surface area contributed by atoms with Gasteiger partial charge in [0.05, 0.1) is 18.2 Å². The van der Waals surface area contributed by atoms with Crippen molar-refractivity contribution in [1.82, 2.24) is 5.32 Å². The molecule has 0 amide bonds. The van der Waals surface area contributed by atoms with Gasteiger partial charge in [-0.2, -0.15) is 0 Å². The van der Waals surface area contributed by atoms with Gasteiger partial charge in [-0.3, -0.25) is 0 Å². The minimum absolute atomic E-state index is 0.264. The van der Waals surface area contributed by atoms with Crippen LogP contribution >= 0.6 is 0 Å². The molecule has 1 saturated carbocycles. The van der Waals surface area contributed by atoms with Gasteiger partial charge in [-0.1, -0.05) is 26.0 Å². The van der Waals surface area contributed by atoms with Gasteiger partial charge in [-0.25, -0.2) is 0 Å². The van der Waals surface area contributed by atoms with Crippen molar-refractivity contribution in [3.8, 4) is 5.75 Å². The molecule has 1 saturated heterocycles. The molecular weight excluding hydrogens is 250 g/mol. The Morgan fingerprint density at radius 1 is 1.35 bits per heavy atom. The fourth-order valence-corrected chi connectivity index (χ4v) is 2.95. The van der Waals surface area contributed by atoms with Gasteiger partial charge in [0.1, 0.15) is 5.75 Å². The van der Waals surface area contributed by atoms with Crippen molar-refractivity contribution in [3.05, 3.63) is 29.8 Å². The fourth-order valence-electron chi connectivity index (χ4n) is 2.95. The van der Waals surface area contributed by atoms with Crippen LogP contribution in [0.15, 0.2) is 24.3 Å². The summed E-state index contributed by atoms with van der Waals surface area (Å²) in [7, 11) is 0. The molecule has 3 rings (SSSR count). The van der Waals surface area contributed by atoms with Crippen LogP contribution in [0.1, 0.15) is 44.7 Å². The van der Waals surface area contributed by atoms with Crippen LogP contribution in [0.2, 0.25) is 0 Å². The summed E-state index contributed by atoms with van der Waals surface area (Å²) in [6.45, 7) is 6.26. The van der Waals surface area contributed by atoms with Gasteiger partial charge in [0.25, 0.3) is 0 Å². The first-order valence-corrected chi connectivity index (χ1v) is 7.89. The normalized spacial score (nSPS) is 27.5. The molecule has 3 atom stereocenters. The molecule has 1 heterocycles. The molecule has 2 fully saturated rings. The molecule has 0 aromatic heterocycles. The average molecular weight is 275 g/mol. The summed E-state index contributed by atoms with van der Waals surface area (Å²) in [4.78, 5) is 0. The quantitative estimate of drug-likeness (QED) is 0.864. The van der Waals surface area contributed by atoms with Gasteiger partial charge in [0, 0.05) is 6.61 Å². The maximum atomic E-state index is 5.96. The lowest BCUT2D eigenvalue weighted by Crippen LogP contribution is -2.34. The molecule has 2 aliphatic rings. The van der Waals surface area contributed by atoms with Crippen molar-refractivity contribution in [1.29, 1.82) is 0 Å². The maximum Gasteiger partial charge on any atom is 0.120 e. The van der Waals surface area contributed by atoms with Crippen molar-refractivity contribution < 1.29 is 9.47 Å². The molecular formula is C17H25NO2. The molecule has 1 N–H and O–H groups in total. The molecule has 1 aromatic carbocycles. The van der Waals surface area contributed by atoms with Crippen molar-refractivity contribution >= 4 is 0 Å². The largest absolute Gasteiger partial charge is 0.490 e. The predicted octanol–water partition coefficient (Wildman–Crippen LogP) is 3.30. The third-order valence-electron chi connectivity index (χ3n) is 4.24. The van der Waals surface area contributed by atoms with Crippen LogP contribution in [0, 0.1) is 5.92 Å². The molecule has 1 aliphatic heterocycles. The molecule has 1 aliphatic carbocycles. The summed E-state index contributed by atoms with van der Waals surface area (Å²) in [5.74, 6) is 1.60. The van der Waals surface area contributed by atoms with E-state index in [9.17, 15) is 0 Å². The number of nitrogens with one attached hydrogen (secondary N) is 1. The first-order valence-electron chi connectivity index (χ1n) is 7.89. The highest BCUT2D eigenvalue weighted by atomic mass is 16.5. The van der Waals surface area contributed by atoms with E-state index in [1.165, 1.54) is 18.4 Å². The Labute approximate surface area is 121 Å². The number of rotatable bonds is 6. The maximum absolute atomic E-state index is 5.96. The second-order valence-corrected chi connectivity index (χ2v) is 6.03. The number of ether oxygens (including phenoxy) is 2. The molecule has 0 radical (unpaired) electrons. The van der Waals surface area contributed by atoms with E-state index < -0.39 is 0 Å². The van der Waals surface area contributed by atoms with Crippen LogP contribution in [0.3, 0.4) is 0 Å². The highest BCUT2D eigenvalue weighted by molar-refractivity contribution is 5.32. The lowest BCUT2D eigenvalue weighted by Gasteiger charge is -2.27. The van der Waals surface area contributed by atoms with Gasteiger partial charge in [-0.05, 0) is 49.4 Å². The Hall–Kier alpha value is -1.06. The summed E-state index contributed by atoms with van der Waals surface area (Å²) in [5.41, 5.74) is 1.28. The van der Waals surface area contributed by atoms with E-state index in [0.29, 0.717) is 12.0 Å². The molecule has 0 spiro atoms. The molecule has 20 heavy (non-hydrogen) atoms. The Kier molecular flexibility index (Phi) is 4.27. The van der Waals surface area contributed by atoms with Gasteiger partial charge in [-0.15, -0.1) is 0 Å². The lowest BCUT2D eigenvalue weighted by atomic mass is 9.92. The topological polar surface area (TPSA) is 30.5 Å². The standard InChI is InChI=1S/C17H25NO2/c1-3-18-16(17-12(2)9-10-19-17)13-5-4-6-15(11-13)20-14-7-8-14/h4-6,11-12,14,16-18H,3,7-10H2,1-2H3. The SMILES string of the molecule is CCNC(c1cccc(OC2CC2)c1)C1OCCC1C. The molecule has 3 heteroatoms. The van der Waals surface area contributed by atoms with E-state index >= 15 is 0 Å². The lowest BCUT2D eigenvalue weighted by molar-refractivity contribution is 0.0611. The Bertz CT molecular complexity index is 444. The van der Waals surface area contributed by atoms with E-state index in [1.54, 1.807) is 0 Å². The average Bonchev–Trinajstić information content (AvgIpc) is 3.16. The van der Waals surface area contributed by atoms with Crippen molar-refractivity contribution in [2.75, 3.05) is 13.2 Å². The third kappa shape index (κ3) is 3.15. The van der Waals surface area contributed by atoms with E-state index in [-0.39, 0.29) is 12.1 Å². The monoisotopic (exact) mass is 275 g/mol. The second kappa shape index (κ2) is 6.15. The number of hydrogen-bond acceptors (Lipinski definition) is 3. The Balaban J connectivity index is 1.78. The zero-order chi connectivity index (χ0) is 13.9. The summed E-state index contributed by atoms with van der Waals surface area (Å²) < 4.78 is 11.9. The molecule has 1 aromatic rings. The second-order valence-electron chi connectivity index (χ2n) is 6.03. The summed E-state index contributed by atoms with van der Waals surface area (Å²) in [5, 5.41) is 3.59. The number of benzene rings is 1. The minimum atomic E-state index is 0.264. The first-order chi connectivity index (χ1) is 9.78. The van der Waals surface area contributed by atoms with Crippen LogP contribution < -0.4 is 10.1 Å². The summed E-state index contributed by atoms with van der Waals surface area (Å²) >= 11 is 0. The van der Waals surface area contributed by atoms with Crippen LogP contribution in [0.5, 0.6) is 5.75 Å². The van der Waals surface area contributed by atoms with E-state index in [4.69, 9.17) is 9.47 Å². The van der Waals surface area contributed by atoms with Crippen molar-refractivity contribution in [2.45, 2.75) is 51.4 Å². The first kappa shape index (κ1) is 13.9. The van der Waals surface area contributed by atoms with Gasteiger partial charge < -0.3 is 14.8 Å². The van der Waals surface area contributed by atoms with E-state index in [0.717, 1.165) is 25.3 Å². The molecule has 3 unspecified atom stereocenters. The van der Waals surface area contributed by atoms with Gasteiger partial charge in [0.2, 0.25) is 0 Å². The molecule has 3 nitrogen and oxygen atoms in total. The zero-order valence-electron chi connectivity index (χ0n) is 12.5. The fraction of sp³-hybridized carbons (Fsp3) is 0.647. The Morgan fingerprint density at radius 2 is 2.20 bits per heavy atom. The number of hydrogen-bond donors (Lipinski definition) is 1. The number of likely N-dealkylation sites (N-methyl/N-ethyl adjacent to an activating group) is 1. The van der Waals surface area contributed by atoms with Crippen LogP contribution in [-0.4, -0.2) is 25.4 Å². The van der Waals surface area contributed by atoms with Crippen LogP contribution in [0.4, 0.5) is 0 Å². The van der Waals surface area contributed by atoms with Crippen LogP contribution in [0.25, 0.3) is 0 Å². The van der Waals surface area contributed by atoms with Gasteiger partial charge in [0.15, 0.2) is 0 Å². The molecule has 0 bridgehead atoms. The summed E-state index contributed by atoms with van der Waals surface area (Å²) in [6.07, 6.45) is 4.27. The Morgan fingerprint density at radius 3 is 2.85 bits per heavy atom. The molecule has 110 valence electrons. The smallest absolute Gasteiger partial charge is 0.120 e. The van der Waals surface area contributed by atoms with Crippen molar-refractivity contribution in [2.24, 2.45) is 5.92 Å². The minimum Gasteiger partial charge on any atom is -0.490 e. The van der Waals surface area contributed by atoms with Gasteiger partial charge >= 0.3 is 0 Å². The zero-order valence-corrected chi connectivity index (χ0v) is 12.5.